The van der Waals surface area contributed by atoms with Crippen molar-refractivity contribution in [2.24, 2.45) is 5.92 Å². The van der Waals surface area contributed by atoms with Crippen LogP contribution in [0.3, 0.4) is 0 Å². The van der Waals surface area contributed by atoms with E-state index in [1.807, 2.05) is 6.92 Å². The van der Waals surface area contributed by atoms with Gasteiger partial charge in [0, 0.05) is 19.7 Å². The van der Waals surface area contributed by atoms with Gasteiger partial charge in [0.1, 0.15) is 11.6 Å². The standard InChI is InChI=1S/C20H30FNO4S/c1-2-15-27(23,24)22-11-9-20(10-12-22)16-17(8-14-26-20)7-13-25-19-5-3-18(21)4-6-19/h3-6,17H,2,7-16H2,1H3. The Morgan fingerprint density at radius 1 is 1.26 bits per heavy atom. The number of nitrogens with zero attached hydrogens (tertiary/aromatic N) is 1. The second-order valence-corrected chi connectivity index (χ2v) is 9.78. The van der Waals surface area contributed by atoms with Crippen LogP contribution in [0.1, 0.15) is 45.4 Å². The second kappa shape index (κ2) is 8.88. The lowest BCUT2D eigenvalue weighted by Gasteiger charge is -2.46. The SMILES string of the molecule is CCCS(=O)(=O)N1CCC2(CC1)CC(CCOc1ccc(F)cc1)CCO2. The Labute approximate surface area is 161 Å². The van der Waals surface area contributed by atoms with Crippen LogP contribution in [0, 0.1) is 11.7 Å². The first-order valence-corrected chi connectivity index (χ1v) is 11.5. The van der Waals surface area contributed by atoms with E-state index in [-0.39, 0.29) is 17.2 Å². The first-order chi connectivity index (χ1) is 12.9. The van der Waals surface area contributed by atoms with E-state index in [2.05, 4.69) is 0 Å². The van der Waals surface area contributed by atoms with Crippen molar-refractivity contribution in [3.63, 3.8) is 0 Å². The molecule has 2 aliphatic heterocycles. The molecule has 1 atom stereocenters. The van der Waals surface area contributed by atoms with E-state index in [1.165, 1.54) is 12.1 Å². The van der Waals surface area contributed by atoms with E-state index in [0.717, 1.165) is 38.7 Å². The number of halogens is 1. The van der Waals surface area contributed by atoms with Gasteiger partial charge in [0.2, 0.25) is 10.0 Å². The number of benzene rings is 1. The molecule has 2 aliphatic rings. The Morgan fingerprint density at radius 2 is 1.96 bits per heavy atom. The Balaban J connectivity index is 1.47. The number of piperidine rings is 1. The van der Waals surface area contributed by atoms with E-state index in [9.17, 15) is 12.8 Å². The predicted octanol–water partition coefficient (Wildman–Crippen LogP) is 3.60. The smallest absolute Gasteiger partial charge is 0.214 e. The van der Waals surface area contributed by atoms with Crippen LogP contribution in [0.4, 0.5) is 4.39 Å². The van der Waals surface area contributed by atoms with Gasteiger partial charge in [-0.2, -0.15) is 0 Å². The fourth-order valence-electron chi connectivity index (χ4n) is 4.16. The number of hydrogen-bond donors (Lipinski definition) is 0. The van der Waals surface area contributed by atoms with Crippen molar-refractivity contribution in [3.05, 3.63) is 30.1 Å². The van der Waals surface area contributed by atoms with Crippen LogP contribution in [-0.4, -0.2) is 50.4 Å². The maximum Gasteiger partial charge on any atom is 0.214 e. The zero-order chi connectivity index (χ0) is 19.3. The summed E-state index contributed by atoms with van der Waals surface area (Å²) in [5, 5.41) is 0. The lowest BCUT2D eigenvalue weighted by molar-refractivity contribution is -0.122. The lowest BCUT2D eigenvalue weighted by Crippen LogP contribution is -2.51. The van der Waals surface area contributed by atoms with Gasteiger partial charge in [-0.05, 0) is 68.7 Å². The fraction of sp³-hybridized carbons (Fsp3) is 0.700. The normalized spacial score (nSPS) is 23.4. The van der Waals surface area contributed by atoms with Gasteiger partial charge in [-0.1, -0.05) is 6.92 Å². The Hall–Kier alpha value is -1.18. The zero-order valence-electron chi connectivity index (χ0n) is 16.0. The molecule has 0 radical (unpaired) electrons. The van der Waals surface area contributed by atoms with Gasteiger partial charge in [0.15, 0.2) is 0 Å². The van der Waals surface area contributed by atoms with Crippen LogP contribution in [-0.2, 0) is 14.8 Å². The van der Waals surface area contributed by atoms with Gasteiger partial charge in [-0.3, -0.25) is 0 Å². The summed E-state index contributed by atoms with van der Waals surface area (Å²) >= 11 is 0. The third kappa shape index (κ3) is 5.42. The number of sulfonamides is 1. The molecule has 0 amide bonds. The van der Waals surface area contributed by atoms with Crippen LogP contribution in [0.25, 0.3) is 0 Å². The average molecular weight is 400 g/mol. The zero-order valence-corrected chi connectivity index (χ0v) is 16.8. The molecule has 1 unspecified atom stereocenters. The highest BCUT2D eigenvalue weighted by atomic mass is 32.2. The molecule has 27 heavy (non-hydrogen) atoms. The molecule has 2 fully saturated rings. The lowest BCUT2D eigenvalue weighted by atomic mass is 9.79. The summed E-state index contributed by atoms with van der Waals surface area (Å²) < 4.78 is 51.0. The fourth-order valence-corrected chi connectivity index (χ4v) is 5.67. The van der Waals surface area contributed by atoms with Gasteiger partial charge in [0.25, 0.3) is 0 Å². The quantitative estimate of drug-likeness (QED) is 0.703. The molecule has 0 saturated carbocycles. The van der Waals surface area contributed by atoms with Gasteiger partial charge in [0.05, 0.1) is 18.0 Å². The van der Waals surface area contributed by atoms with Gasteiger partial charge < -0.3 is 9.47 Å². The third-order valence-electron chi connectivity index (χ3n) is 5.69. The van der Waals surface area contributed by atoms with Crippen molar-refractivity contribution < 1.29 is 22.3 Å². The first kappa shape index (κ1) is 20.6. The molecular formula is C20H30FNO4S. The van der Waals surface area contributed by atoms with Crippen LogP contribution < -0.4 is 4.74 Å². The van der Waals surface area contributed by atoms with E-state index in [4.69, 9.17) is 9.47 Å². The molecule has 0 aliphatic carbocycles. The molecule has 0 N–H and O–H groups in total. The summed E-state index contributed by atoms with van der Waals surface area (Å²) in [6.45, 7) is 4.33. The van der Waals surface area contributed by atoms with Crippen LogP contribution in [0.15, 0.2) is 24.3 Å². The Kier molecular flexibility index (Phi) is 6.76. The number of hydrogen-bond acceptors (Lipinski definition) is 4. The van der Waals surface area contributed by atoms with Gasteiger partial charge in [-0.25, -0.2) is 17.1 Å². The first-order valence-electron chi connectivity index (χ1n) is 9.93. The van der Waals surface area contributed by atoms with Crippen molar-refractivity contribution in [1.82, 2.24) is 4.31 Å². The summed E-state index contributed by atoms with van der Waals surface area (Å²) in [4.78, 5) is 0. The minimum Gasteiger partial charge on any atom is -0.494 e. The minimum atomic E-state index is -3.12. The molecule has 0 bridgehead atoms. The van der Waals surface area contributed by atoms with Crippen molar-refractivity contribution in [2.75, 3.05) is 32.1 Å². The Morgan fingerprint density at radius 3 is 2.63 bits per heavy atom. The summed E-state index contributed by atoms with van der Waals surface area (Å²) in [7, 11) is -3.12. The van der Waals surface area contributed by atoms with E-state index in [0.29, 0.717) is 37.8 Å². The predicted molar refractivity (Wildman–Crippen MR) is 103 cm³/mol. The molecule has 7 heteroatoms. The molecule has 152 valence electrons. The van der Waals surface area contributed by atoms with E-state index in [1.54, 1.807) is 16.4 Å². The van der Waals surface area contributed by atoms with E-state index >= 15 is 0 Å². The molecular weight excluding hydrogens is 369 g/mol. The van der Waals surface area contributed by atoms with Gasteiger partial charge >= 0.3 is 0 Å². The molecule has 5 nitrogen and oxygen atoms in total. The summed E-state index contributed by atoms with van der Waals surface area (Å²) in [6.07, 6.45) is 5.08. The molecule has 2 saturated heterocycles. The molecule has 3 rings (SSSR count). The molecule has 1 aromatic carbocycles. The highest BCUT2D eigenvalue weighted by Crippen LogP contribution is 2.39. The molecule has 1 spiro atoms. The minimum absolute atomic E-state index is 0.184. The largest absolute Gasteiger partial charge is 0.494 e. The second-order valence-electron chi connectivity index (χ2n) is 7.70. The van der Waals surface area contributed by atoms with Crippen LogP contribution >= 0.6 is 0 Å². The highest BCUT2D eigenvalue weighted by molar-refractivity contribution is 7.89. The Bertz CT molecular complexity index is 699. The molecule has 1 aromatic rings. The summed E-state index contributed by atoms with van der Waals surface area (Å²) in [5.41, 5.74) is -0.184. The van der Waals surface area contributed by atoms with Crippen LogP contribution in [0.2, 0.25) is 0 Å². The van der Waals surface area contributed by atoms with Crippen LogP contribution in [0.5, 0.6) is 5.75 Å². The number of rotatable bonds is 7. The highest BCUT2D eigenvalue weighted by Gasteiger charge is 2.42. The monoisotopic (exact) mass is 399 g/mol. The maximum absolute atomic E-state index is 12.9. The molecule has 0 aromatic heterocycles. The number of ether oxygens (including phenoxy) is 2. The van der Waals surface area contributed by atoms with Crippen molar-refractivity contribution >= 4 is 10.0 Å². The van der Waals surface area contributed by atoms with E-state index < -0.39 is 10.0 Å². The van der Waals surface area contributed by atoms with Crippen molar-refractivity contribution in [1.29, 1.82) is 0 Å². The molecule has 2 heterocycles. The summed E-state index contributed by atoms with van der Waals surface area (Å²) in [6, 6.07) is 6.10. The summed E-state index contributed by atoms with van der Waals surface area (Å²) in [5.74, 6) is 1.16. The average Bonchev–Trinajstić information content (AvgIpc) is 2.64. The topological polar surface area (TPSA) is 55.8 Å². The maximum atomic E-state index is 12.9. The van der Waals surface area contributed by atoms with Crippen molar-refractivity contribution in [2.45, 2.75) is 51.0 Å². The van der Waals surface area contributed by atoms with Crippen molar-refractivity contribution in [3.8, 4) is 5.75 Å². The third-order valence-corrected chi connectivity index (χ3v) is 7.77. The van der Waals surface area contributed by atoms with Gasteiger partial charge in [-0.15, -0.1) is 0 Å².